The summed E-state index contributed by atoms with van der Waals surface area (Å²) >= 11 is 0.796. The number of hydrogen-bond donors (Lipinski definition) is 1. The van der Waals surface area contributed by atoms with Gasteiger partial charge in [0.15, 0.2) is 0 Å². The summed E-state index contributed by atoms with van der Waals surface area (Å²) in [7, 11) is 0. The minimum Gasteiger partial charge on any atom is -0.350 e. The van der Waals surface area contributed by atoms with E-state index in [0.29, 0.717) is 22.5 Å². The second-order valence-electron chi connectivity index (χ2n) is 8.13. The smallest absolute Gasteiger partial charge is 0.293 e. The van der Waals surface area contributed by atoms with Gasteiger partial charge in [-0.3, -0.25) is 19.3 Å². The molecular formula is C25H22F2N4O3S. The molecule has 0 bridgehead atoms. The van der Waals surface area contributed by atoms with E-state index < -0.39 is 22.9 Å². The molecule has 10 heteroatoms. The Labute approximate surface area is 204 Å². The zero-order valence-electron chi connectivity index (χ0n) is 19.0. The summed E-state index contributed by atoms with van der Waals surface area (Å²) in [5.41, 5.74) is 2.24. The summed E-state index contributed by atoms with van der Waals surface area (Å²) in [5, 5.41) is 6.60. The van der Waals surface area contributed by atoms with Crippen molar-refractivity contribution in [1.82, 2.24) is 20.0 Å². The van der Waals surface area contributed by atoms with Crippen molar-refractivity contribution >= 4 is 34.9 Å². The molecule has 3 aromatic rings. The van der Waals surface area contributed by atoms with Crippen molar-refractivity contribution < 1.29 is 23.2 Å². The van der Waals surface area contributed by atoms with Gasteiger partial charge in [0, 0.05) is 13.1 Å². The predicted octanol–water partition coefficient (Wildman–Crippen LogP) is 4.74. The first-order valence-corrected chi connectivity index (χ1v) is 11.7. The average Bonchev–Trinajstić information content (AvgIpc) is 3.38. The predicted molar refractivity (Wildman–Crippen MR) is 129 cm³/mol. The molecule has 1 aliphatic rings. The molecule has 4 rings (SSSR count). The molecule has 0 unspecified atom stereocenters. The Morgan fingerprint density at radius 1 is 1.06 bits per heavy atom. The summed E-state index contributed by atoms with van der Waals surface area (Å²) in [6.45, 7) is 3.89. The van der Waals surface area contributed by atoms with E-state index in [9.17, 15) is 23.2 Å². The van der Waals surface area contributed by atoms with E-state index >= 15 is 0 Å². The van der Waals surface area contributed by atoms with Crippen LogP contribution < -0.4 is 5.32 Å². The van der Waals surface area contributed by atoms with E-state index in [1.165, 1.54) is 48.7 Å². The lowest BCUT2D eigenvalue weighted by molar-refractivity contribution is -0.122. The van der Waals surface area contributed by atoms with E-state index in [2.05, 4.69) is 10.4 Å². The van der Waals surface area contributed by atoms with Crippen LogP contribution in [0.3, 0.4) is 0 Å². The van der Waals surface area contributed by atoms with Crippen LogP contribution in [0.15, 0.2) is 59.6 Å². The maximum Gasteiger partial charge on any atom is 0.293 e. The fraction of sp³-hybridized carbons (Fsp3) is 0.200. The lowest BCUT2D eigenvalue weighted by Crippen LogP contribution is -2.37. The molecule has 35 heavy (non-hydrogen) atoms. The highest BCUT2D eigenvalue weighted by atomic mass is 32.2. The molecule has 180 valence electrons. The number of aromatic nitrogens is 2. The highest BCUT2D eigenvalue weighted by molar-refractivity contribution is 8.18. The number of thioether (sulfide) groups is 1. The van der Waals surface area contributed by atoms with Crippen LogP contribution in [-0.4, -0.2) is 44.8 Å². The number of carbonyl (C=O) groups excluding carboxylic acids is 3. The van der Waals surface area contributed by atoms with Crippen molar-refractivity contribution in [2.75, 3.05) is 13.1 Å². The minimum atomic E-state index is -0.467. The van der Waals surface area contributed by atoms with Gasteiger partial charge in [-0.15, -0.1) is 0 Å². The minimum absolute atomic E-state index is 0.000273. The van der Waals surface area contributed by atoms with Crippen molar-refractivity contribution in [1.29, 1.82) is 0 Å². The van der Waals surface area contributed by atoms with Gasteiger partial charge in [0.1, 0.15) is 11.6 Å². The molecule has 2 aromatic carbocycles. The first-order valence-electron chi connectivity index (χ1n) is 10.9. The molecule has 1 N–H and O–H groups in total. The average molecular weight is 497 g/mol. The van der Waals surface area contributed by atoms with Crippen LogP contribution in [0.1, 0.15) is 41.4 Å². The van der Waals surface area contributed by atoms with Crippen LogP contribution in [0.2, 0.25) is 0 Å². The monoisotopic (exact) mass is 496 g/mol. The van der Waals surface area contributed by atoms with Gasteiger partial charge >= 0.3 is 0 Å². The molecule has 0 radical (unpaired) electrons. The molecule has 1 saturated heterocycles. The van der Waals surface area contributed by atoms with E-state index in [-0.39, 0.29) is 29.7 Å². The SMILES string of the molecule is CC(C)c1c(C(=O)NCCN2C(=O)S/C(=C\c3ccc(F)cc3)C2=O)cnn1-c1ccc(F)cc1. The summed E-state index contributed by atoms with van der Waals surface area (Å²) in [6, 6.07) is 11.4. The summed E-state index contributed by atoms with van der Waals surface area (Å²) < 4.78 is 28.0. The first kappa shape index (κ1) is 24.3. The van der Waals surface area contributed by atoms with E-state index in [0.717, 1.165) is 16.7 Å². The molecule has 1 fully saturated rings. The standard InChI is InChI=1S/C25H22F2N4O3S/c1-15(2)22-20(14-29-31(22)19-9-7-18(27)8-10-19)23(32)28-11-12-30-24(33)21(35-25(30)34)13-16-3-5-17(26)6-4-16/h3-10,13-15H,11-12H2,1-2H3,(H,28,32)/b21-13-. The third-order valence-corrected chi connectivity index (χ3v) is 6.24. The maximum atomic E-state index is 13.3. The van der Waals surface area contributed by atoms with Crippen molar-refractivity contribution in [2.24, 2.45) is 0 Å². The summed E-state index contributed by atoms with van der Waals surface area (Å²) in [6.07, 6.45) is 2.97. The van der Waals surface area contributed by atoms with Crippen molar-refractivity contribution in [3.8, 4) is 5.69 Å². The van der Waals surface area contributed by atoms with Crippen LogP contribution in [-0.2, 0) is 4.79 Å². The van der Waals surface area contributed by atoms with Crippen LogP contribution in [0.4, 0.5) is 13.6 Å². The number of imide groups is 1. The van der Waals surface area contributed by atoms with E-state index in [1.807, 2.05) is 13.8 Å². The number of hydrogen-bond acceptors (Lipinski definition) is 5. The van der Waals surface area contributed by atoms with Gasteiger partial charge in [0.25, 0.3) is 17.1 Å². The van der Waals surface area contributed by atoms with Gasteiger partial charge in [-0.25, -0.2) is 13.5 Å². The molecule has 1 aliphatic heterocycles. The Kier molecular flexibility index (Phi) is 7.11. The lowest BCUT2D eigenvalue weighted by atomic mass is 10.0. The highest BCUT2D eigenvalue weighted by Gasteiger charge is 2.34. The summed E-state index contributed by atoms with van der Waals surface area (Å²) in [4.78, 5) is 39.1. The number of nitrogens with one attached hydrogen (secondary N) is 1. The van der Waals surface area contributed by atoms with Gasteiger partial charge in [-0.2, -0.15) is 5.10 Å². The topological polar surface area (TPSA) is 84.3 Å². The van der Waals surface area contributed by atoms with Gasteiger partial charge < -0.3 is 5.32 Å². The lowest BCUT2D eigenvalue weighted by Gasteiger charge is -2.15. The number of halogens is 2. The van der Waals surface area contributed by atoms with Crippen molar-refractivity contribution in [2.45, 2.75) is 19.8 Å². The quantitative estimate of drug-likeness (QED) is 0.478. The second-order valence-corrected chi connectivity index (χ2v) is 9.12. The zero-order valence-corrected chi connectivity index (χ0v) is 19.8. The van der Waals surface area contributed by atoms with Crippen molar-refractivity contribution in [3.05, 3.63) is 88.1 Å². The molecule has 3 amide bonds. The zero-order chi connectivity index (χ0) is 25.1. The Bertz CT molecular complexity index is 1300. The third kappa shape index (κ3) is 5.32. The van der Waals surface area contributed by atoms with E-state index in [4.69, 9.17) is 0 Å². The Morgan fingerprint density at radius 2 is 1.69 bits per heavy atom. The van der Waals surface area contributed by atoms with Gasteiger partial charge in [0.2, 0.25) is 0 Å². The Hall–Kier alpha value is -3.79. The fourth-order valence-corrected chi connectivity index (χ4v) is 4.52. The first-order chi connectivity index (χ1) is 16.7. The highest BCUT2D eigenvalue weighted by Crippen LogP contribution is 2.32. The normalized spacial score (nSPS) is 14.9. The molecule has 0 spiro atoms. The number of carbonyl (C=O) groups is 3. The molecule has 1 aromatic heterocycles. The number of benzene rings is 2. The van der Waals surface area contributed by atoms with Gasteiger partial charge in [0.05, 0.1) is 28.0 Å². The Balaban J connectivity index is 1.42. The Morgan fingerprint density at radius 3 is 2.31 bits per heavy atom. The molecule has 7 nitrogen and oxygen atoms in total. The van der Waals surface area contributed by atoms with E-state index in [1.54, 1.807) is 16.8 Å². The van der Waals surface area contributed by atoms with Gasteiger partial charge in [-0.05, 0) is 65.7 Å². The van der Waals surface area contributed by atoms with Crippen LogP contribution in [0.5, 0.6) is 0 Å². The van der Waals surface area contributed by atoms with Crippen LogP contribution in [0.25, 0.3) is 11.8 Å². The third-order valence-electron chi connectivity index (χ3n) is 5.33. The second kappa shape index (κ2) is 10.2. The number of rotatable bonds is 7. The number of amides is 3. The molecule has 0 atom stereocenters. The molecular weight excluding hydrogens is 474 g/mol. The molecule has 2 heterocycles. The summed E-state index contributed by atoms with van der Waals surface area (Å²) in [5.74, 6) is -1.68. The molecule has 0 saturated carbocycles. The number of nitrogens with zero attached hydrogens (tertiary/aromatic N) is 3. The van der Waals surface area contributed by atoms with Crippen molar-refractivity contribution in [3.63, 3.8) is 0 Å². The van der Waals surface area contributed by atoms with Gasteiger partial charge in [-0.1, -0.05) is 26.0 Å². The largest absolute Gasteiger partial charge is 0.350 e. The fourth-order valence-electron chi connectivity index (χ4n) is 3.66. The molecule has 0 aliphatic carbocycles. The maximum absolute atomic E-state index is 13.3. The van der Waals surface area contributed by atoms with Crippen LogP contribution >= 0.6 is 11.8 Å². The van der Waals surface area contributed by atoms with Crippen LogP contribution in [0, 0.1) is 11.6 Å².